The molecule has 18 heavy (non-hydrogen) atoms. The molecule has 1 fully saturated rings. The molecule has 2 heteroatoms. The number of fused-ring (bicyclic) bond motifs is 1. The van der Waals surface area contributed by atoms with Crippen molar-refractivity contribution >= 4 is 5.69 Å². The third-order valence-electron chi connectivity index (χ3n) is 4.36. The fraction of sp³-hybridized carbons (Fsp3) is 0.625. The second-order valence-electron chi connectivity index (χ2n) is 6.12. The van der Waals surface area contributed by atoms with Gasteiger partial charge in [0.05, 0.1) is 0 Å². The summed E-state index contributed by atoms with van der Waals surface area (Å²) in [5.41, 5.74) is 2.85. The first-order valence-corrected chi connectivity index (χ1v) is 7.35. The van der Waals surface area contributed by atoms with Crippen molar-refractivity contribution in [2.24, 2.45) is 11.8 Å². The van der Waals surface area contributed by atoms with Crippen LogP contribution in [0.2, 0.25) is 0 Å². The van der Waals surface area contributed by atoms with E-state index in [-0.39, 0.29) is 0 Å². The number of hydrogen-bond acceptors (Lipinski definition) is 2. The first kappa shape index (κ1) is 12.0. The molecule has 0 aliphatic carbocycles. The first-order chi connectivity index (χ1) is 8.81. The minimum Gasteiger partial charge on any atom is -0.384 e. The fourth-order valence-corrected chi connectivity index (χ4v) is 3.46. The van der Waals surface area contributed by atoms with Gasteiger partial charge in [0.2, 0.25) is 0 Å². The molecule has 2 unspecified atom stereocenters. The van der Waals surface area contributed by atoms with Gasteiger partial charge in [-0.25, -0.2) is 0 Å². The highest BCUT2D eigenvalue weighted by molar-refractivity contribution is 5.53. The average Bonchev–Trinajstić information content (AvgIpc) is 2.39. The molecule has 0 aromatic heterocycles. The molecular formula is C16H24N2. The zero-order valence-corrected chi connectivity index (χ0v) is 11.4. The molecule has 1 N–H and O–H groups in total. The molecule has 1 aromatic carbocycles. The maximum Gasteiger partial charge on any atom is 0.0372 e. The maximum atomic E-state index is 3.59. The number of piperidine rings is 1. The fourth-order valence-electron chi connectivity index (χ4n) is 3.46. The molecule has 2 heterocycles. The minimum atomic E-state index is 0.783. The lowest BCUT2D eigenvalue weighted by Crippen LogP contribution is -2.40. The molecular weight excluding hydrogens is 220 g/mol. The van der Waals surface area contributed by atoms with Crippen LogP contribution < -0.4 is 5.32 Å². The van der Waals surface area contributed by atoms with E-state index in [9.17, 15) is 0 Å². The molecule has 0 spiro atoms. The van der Waals surface area contributed by atoms with Crippen molar-refractivity contribution in [1.29, 1.82) is 0 Å². The number of anilines is 1. The van der Waals surface area contributed by atoms with Crippen molar-refractivity contribution in [1.82, 2.24) is 4.90 Å². The van der Waals surface area contributed by atoms with Crippen molar-refractivity contribution in [2.75, 3.05) is 31.5 Å². The van der Waals surface area contributed by atoms with Gasteiger partial charge >= 0.3 is 0 Å². The van der Waals surface area contributed by atoms with E-state index < -0.39 is 0 Å². The normalized spacial score (nSPS) is 28.5. The maximum absolute atomic E-state index is 3.59. The van der Waals surface area contributed by atoms with Gasteiger partial charge < -0.3 is 10.2 Å². The van der Waals surface area contributed by atoms with Gasteiger partial charge in [0.15, 0.2) is 0 Å². The third kappa shape index (κ3) is 2.69. The van der Waals surface area contributed by atoms with Gasteiger partial charge in [-0.3, -0.25) is 0 Å². The summed E-state index contributed by atoms with van der Waals surface area (Å²) < 4.78 is 0. The zero-order valence-electron chi connectivity index (χ0n) is 11.4. The van der Waals surface area contributed by atoms with E-state index in [1.807, 2.05) is 0 Å². The summed E-state index contributed by atoms with van der Waals surface area (Å²) in [5.74, 6) is 1.67. The quantitative estimate of drug-likeness (QED) is 0.860. The Bertz CT molecular complexity index is 402. The lowest BCUT2D eigenvalue weighted by Gasteiger charge is -2.35. The molecule has 0 saturated carbocycles. The van der Waals surface area contributed by atoms with Crippen LogP contribution in [0, 0.1) is 11.8 Å². The topological polar surface area (TPSA) is 15.3 Å². The van der Waals surface area contributed by atoms with Crippen molar-refractivity contribution in [3.8, 4) is 0 Å². The van der Waals surface area contributed by atoms with Crippen LogP contribution in [0.15, 0.2) is 24.3 Å². The molecule has 3 rings (SSSR count). The Labute approximate surface area is 110 Å². The summed E-state index contributed by atoms with van der Waals surface area (Å²) >= 11 is 0. The predicted octanol–water partition coefficient (Wildman–Crippen LogP) is 3.00. The second kappa shape index (κ2) is 5.31. The molecule has 2 aliphatic rings. The Morgan fingerprint density at radius 3 is 3.11 bits per heavy atom. The van der Waals surface area contributed by atoms with Gasteiger partial charge in [-0.2, -0.15) is 0 Å². The molecule has 98 valence electrons. The molecule has 0 radical (unpaired) electrons. The molecule has 0 bridgehead atoms. The number of benzene rings is 1. The SMILES string of the molecule is CC1CCCN(CC2CNc3ccccc3C2)C1. The Kier molecular flexibility index (Phi) is 3.55. The number of para-hydroxylation sites is 1. The molecule has 1 aromatic rings. The molecule has 2 atom stereocenters. The number of hydrogen-bond donors (Lipinski definition) is 1. The highest BCUT2D eigenvalue weighted by Gasteiger charge is 2.23. The van der Waals surface area contributed by atoms with E-state index in [2.05, 4.69) is 41.4 Å². The Balaban J connectivity index is 1.59. The Morgan fingerprint density at radius 2 is 2.22 bits per heavy atom. The van der Waals surface area contributed by atoms with E-state index >= 15 is 0 Å². The van der Waals surface area contributed by atoms with Crippen LogP contribution >= 0.6 is 0 Å². The number of nitrogens with one attached hydrogen (secondary N) is 1. The average molecular weight is 244 g/mol. The summed E-state index contributed by atoms with van der Waals surface area (Å²) in [5, 5.41) is 3.59. The summed E-state index contributed by atoms with van der Waals surface area (Å²) in [6.45, 7) is 7.41. The monoisotopic (exact) mass is 244 g/mol. The Morgan fingerprint density at radius 1 is 1.33 bits per heavy atom. The van der Waals surface area contributed by atoms with E-state index in [0.29, 0.717) is 0 Å². The molecule has 0 amide bonds. The summed E-state index contributed by atoms with van der Waals surface area (Å²) in [4.78, 5) is 2.68. The van der Waals surface area contributed by atoms with Crippen LogP contribution in [0.25, 0.3) is 0 Å². The largest absolute Gasteiger partial charge is 0.384 e. The smallest absolute Gasteiger partial charge is 0.0372 e. The minimum absolute atomic E-state index is 0.783. The highest BCUT2D eigenvalue weighted by atomic mass is 15.1. The number of rotatable bonds is 2. The lowest BCUT2D eigenvalue weighted by molar-refractivity contribution is 0.160. The number of nitrogens with zero attached hydrogens (tertiary/aromatic N) is 1. The standard InChI is InChI=1S/C16H24N2/c1-13-5-4-8-18(11-13)12-14-9-15-6-2-3-7-16(15)17-10-14/h2-3,6-7,13-14,17H,4-5,8-12H2,1H3. The van der Waals surface area contributed by atoms with Gasteiger partial charge in [-0.1, -0.05) is 25.1 Å². The van der Waals surface area contributed by atoms with Crippen molar-refractivity contribution in [3.63, 3.8) is 0 Å². The van der Waals surface area contributed by atoms with Gasteiger partial charge in [0, 0.05) is 25.3 Å². The lowest BCUT2D eigenvalue weighted by atomic mass is 9.92. The van der Waals surface area contributed by atoms with Crippen molar-refractivity contribution < 1.29 is 0 Å². The first-order valence-electron chi connectivity index (χ1n) is 7.35. The van der Waals surface area contributed by atoms with Crippen molar-refractivity contribution in [2.45, 2.75) is 26.2 Å². The van der Waals surface area contributed by atoms with Gasteiger partial charge in [-0.05, 0) is 49.3 Å². The van der Waals surface area contributed by atoms with Gasteiger partial charge in [-0.15, -0.1) is 0 Å². The van der Waals surface area contributed by atoms with Crippen LogP contribution in [0.1, 0.15) is 25.3 Å². The van der Waals surface area contributed by atoms with Crippen LogP contribution in [0.3, 0.4) is 0 Å². The zero-order chi connectivity index (χ0) is 12.4. The predicted molar refractivity (Wildman–Crippen MR) is 77.0 cm³/mol. The highest BCUT2D eigenvalue weighted by Crippen LogP contribution is 2.26. The van der Waals surface area contributed by atoms with E-state index in [4.69, 9.17) is 0 Å². The second-order valence-corrected chi connectivity index (χ2v) is 6.12. The summed E-state index contributed by atoms with van der Waals surface area (Å²) in [7, 11) is 0. The van der Waals surface area contributed by atoms with Crippen LogP contribution in [0.4, 0.5) is 5.69 Å². The van der Waals surface area contributed by atoms with Crippen LogP contribution in [-0.4, -0.2) is 31.1 Å². The third-order valence-corrected chi connectivity index (χ3v) is 4.36. The van der Waals surface area contributed by atoms with Crippen LogP contribution in [0.5, 0.6) is 0 Å². The molecule has 2 aliphatic heterocycles. The Hall–Kier alpha value is -1.02. The van der Waals surface area contributed by atoms with Gasteiger partial charge in [0.25, 0.3) is 0 Å². The molecule has 2 nitrogen and oxygen atoms in total. The molecule has 1 saturated heterocycles. The summed E-state index contributed by atoms with van der Waals surface area (Å²) in [6, 6.07) is 8.76. The van der Waals surface area contributed by atoms with E-state index in [1.165, 1.54) is 50.1 Å². The van der Waals surface area contributed by atoms with Crippen LogP contribution in [-0.2, 0) is 6.42 Å². The van der Waals surface area contributed by atoms with Gasteiger partial charge in [0.1, 0.15) is 0 Å². The van der Waals surface area contributed by atoms with E-state index in [0.717, 1.165) is 18.4 Å². The van der Waals surface area contributed by atoms with Crippen molar-refractivity contribution in [3.05, 3.63) is 29.8 Å². The number of likely N-dealkylation sites (tertiary alicyclic amines) is 1. The summed E-state index contributed by atoms with van der Waals surface area (Å²) in [6.07, 6.45) is 4.05. The van der Waals surface area contributed by atoms with E-state index in [1.54, 1.807) is 0 Å².